The smallest absolute Gasteiger partial charge is 0.133 e. The molecule has 1 unspecified atom stereocenters. The molecular weight excluding hydrogens is 184 g/mol. The van der Waals surface area contributed by atoms with E-state index in [9.17, 15) is 0 Å². The first-order chi connectivity index (χ1) is 4.20. The first-order valence-corrected chi connectivity index (χ1v) is 3.41. The van der Waals surface area contributed by atoms with Crippen molar-refractivity contribution < 1.29 is 9.52 Å². The molecule has 0 aliphatic heterocycles. The molecule has 50 valence electrons. The normalized spacial score (nSPS) is 13.7. The molecule has 1 atom stereocenters. The predicted molar refractivity (Wildman–Crippen MR) is 37.0 cm³/mol. The lowest BCUT2D eigenvalue weighted by atomic mass is 10.3. The molecule has 1 N–H and O–H groups in total. The SMILES string of the molecule is CC(O)c1cc(Br)co1. The third-order valence-electron chi connectivity index (χ3n) is 0.999. The summed E-state index contributed by atoms with van der Waals surface area (Å²) in [4.78, 5) is 0. The van der Waals surface area contributed by atoms with Crippen molar-refractivity contribution in [2.45, 2.75) is 13.0 Å². The van der Waals surface area contributed by atoms with E-state index in [1.807, 2.05) is 0 Å². The molecule has 1 aromatic heterocycles. The molecule has 2 nitrogen and oxygen atoms in total. The van der Waals surface area contributed by atoms with E-state index in [1.54, 1.807) is 19.3 Å². The second-order valence-corrected chi connectivity index (χ2v) is 2.76. The van der Waals surface area contributed by atoms with Crippen LogP contribution in [-0.2, 0) is 0 Å². The van der Waals surface area contributed by atoms with Crippen molar-refractivity contribution in [2.24, 2.45) is 0 Å². The zero-order valence-electron chi connectivity index (χ0n) is 4.97. The minimum atomic E-state index is -0.517. The van der Waals surface area contributed by atoms with Gasteiger partial charge in [-0.25, -0.2) is 0 Å². The maximum atomic E-state index is 8.92. The van der Waals surface area contributed by atoms with Crippen LogP contribution in [0.3, 0.4) is 0 Å². The zero-order valence-corrected chi connectivity index (χ0v) is 6.55. The Morgan fingerprint density at radius 1 is 1.78 bits per heavy atom. The second-order valence-electron chi connectivity index (χ2n) is 1.84. The molecule has 0 fully saturated rings. The van der Waals surface area contributed by atoms with Crippen LogP contribution in [0, 0.1) is 0 Å². The first kappa shape index (κ1) is 6.83. The molecule has 0 aliphatic rings. The molecule has 1 rings (SSSR count). The maximum Gasteiger partial charge on any atom is 0.133 e. The molecule has 9 heavy (non-hydrogen) atoms. The van der Waals surface area contributed by atoms with Gasteiger partial charge in [-0.1, -0.05) is 0 Å². The highest BCUT2D eigenvalue weighted by atomic mass is 79.9. The highest BCUT2D eigenvalue weighted by molar-refractivity contribution is 9.10. The van der Waals surface area contributed by atoms with Crippen LogP contribution < -0.4 is 0 Å². The van der Waals surface area contributed by atoms with Gasteiger partial charge in [0, 0.05) is 0 Å². The summed E-state index contributed by atoms with van der Waals surface area (Å²) in [6, 6.07) is 1.74. The Labute approximate surface area is 61.6 Å². The van der Waals surface area contributed by atoms with Crippen LogP contribution in [0.5, 0.6) is 0 Å². The van der Waals surface area contributed by atoms with E-state index in [0.29, 0.717) is 5.76 Å². The molecule has 0 bridgehead atoms. The maximum absolute atomic E-state index is 8.92. The van der Waals surface area contributed by atoms with Gasteiger partial charge in [-0.05, 0) is 28.9 Å². The molecule has 0 amide bonds. The van der Waals surface area contributed by atoms with Gasteiger partial charge >= 0.3 is 0 Å². The van der Waals surface area contributed by atoms with Gasteiger partial charge in [0.05, 0.1) is 4.47 Å². The Morgan fingerprint density at radius 3 is 2.67 bits per heavy atom. The Kier molecular flexibility index (Phi) is 1.93. The average Bonchev–Trinajstić information content (AvgIpc) is 2.14. The van der Waals surface area contributed by atoms with Crippen molar-refractivity contribution in [3.63, 3.8) is 0 Å². The van der Waals surface area contributed by atoms with Crippen LogP contribution in [0.1, 0.15) is 18.8 Å². The standard InChI is InChI=1S/C6H7BrO2/c1-4(8)6-2-5(7)3-9-6/h2-4,8H,1H3. The van der Waals surface area contributed by atoms with Crippen molar-refractivity contribution >= 4 is 15.9 Å². The largest absolute Gasteiger partial charge is 0.465 e. The summed E-state index contributed by atoms with van der Waals surface area (Å²) in [5.74, 6) is 0.585. The van der Waals surface area contributed by atoms with Gasteiger partial charge in [0.1, 0.15) is 18.1 Å². The van der Waals surface area contributed by atoms with Gasteiger partial charge in [0.2, 0.25) is 0 Å². The summed E-state index contributed by atoms with van der Waals surface area (Å²) in [7, 11) is 0. The molecule has 0 spiro atoms. The van der Waals surface area contributed by atoms with E-state index in [0.717, 1.165) is 4.47 Å². The fourth-order valence-electron chi connectivity index (χ4n) is 0.547. The van der Waals surface area contributed by atoms with E-state index < -0.39 is 6.10 Å². The highest BCUT2D eigenvalue weighted by Crippen LogP contribution is 2.19. The fraction of sp³-hybridized carbons (Fsp3) is 0.333. The predicted octanol–water partition coefficient (Wildman–Crippen LogP) is 2.10. The quantitative estimate of drug-likeness (QED) is 0.737. The second kappa shape index (κ2) is 2.54. The number of hydrogen-bond acceptors (Lipinski definition) is 2. The van der Waals surface area contributed by atoms with E-state index in [2.05, 4.69) is 15.9 Å². The lowest BCUT2D eigenvalue weighted by Gasteiger charge is -1.94. The van der Waals surface area contributed by atoms with Crippen molar-refractivity contribution in [2.75, 3.05) is 0 Å². The van der Waals surface area contributed by atoms with Gasteiger partial charge in [-0.3, -0.25) is 0 Å². The molecule has 1 heterocycles. The first-order valence-electron chi connectivity index (χ1n) is 2.62. The van der Waals surface area contributed by atoms with Crippen LogP contribution in [-0.4, -0.2) is 5.11 Å². The van der Waals surface area contributed by atoms with Gasteiger partial charge in [0.25, 0.3) is 0 Å². The minimum Gasteiger partial charge on any atom is -0.465 e. The van der Waals surface area contributed by atoms with Crippen LogP contribution >= 0.6 is 15.9 Å². The van der Waals surface area contributed by atoms with E-state index in [1.165, 1.54) is 0 Å². The lowest BCUT2D eigenvalue weighted by Crippen LogP contribution is -1.84. The summed E-state index contributed by atoms with van der Waals surface area (Å²) in [6.45, 7) is 1.66. The Bertz CT molecular complexity index is 193. The van der Waals surface area contributed by atoms with E-state index in [4.69, 9.17) is 9.52 Å². The minimum absolute atomic E-state index is 0.517. The highest BCUT2D eigenvalue weighted by Gasteiger charge is 2.03. The topological polar surface area (TPSA) is 33.4 Å². The molecule has 0 radical (unpaired) electrons. The average molecular weight is 191 g/mol. The lowest BCUT2D eigenvalue weighted by molar-refractivity contribution is 0.169. The molecule has 0 aromatic carbocycles. The van der Waals surface area contributed by atoms with E-state index >= 15 is 0 Å². The third-order valence-corrected chi connectivity index (χ3v) is 1.42. The molecule has 0 saturated heterocycles. The number of hydrogen-bond donors (Lipinski definition) is 1. The number of furan rings is 1. The molecule has 1 aromatic rings. The summed E-state index contributed by atoms with van der Waals surface area (Å²) in [6.07, 6.45) is 1.03. The fourth-order valence-corrected chi connectivity index (χ4v) is 0.866. The zero-order chi connectivity index (χ0) is 6.85. The molecule has 3 heteroatoms. The van der Waals surface area contributed by atoms with Gasteiger partial charge in [-0.2, -0.15) is 0 Å². The summed E-state index contributed by atoms with van der Waals surface area (Å²) in [5.41, 5.74) is 0. The van der Waals surface area contributed by atoms with Crippen molar-refractivity contribution in [3.05, 3.63) is 22.6 Å². The van der Waals surface area contributed by atoms with Crippen LogP contribution in [0.15, 0.2) is 21.2 Å². The molecular formula is C6H7BrO2. The van der Waals surface area contributed by atoms with E-state index in [-0.39, 0.29) is 0 Å². The summed E-state index contributed by atoms with van der Waals surface area (Å²) >= 11 is 3.20. The molecule has 0 saturated carbocycles. The Balaban J connectivity index is 2.85. The number of halogens is 1. The Hall–Kier alpha value is -0.280. The van der Waals surface area contributed by atoms with Crippen LogP contribution in [0.4, 0.5) is 0 Å². The van der Waals surface area contributed by atoms with Gasteiger partial charge in [-0.15, -0.1) is 0 Å². The van der Waals surface area contributed by atoms with Gasteiger partial charge < -0.3 is 9.52 Å². The summed E-state index contributed by atoms with van der Waals surface area (Å²) in [5, 5.41) is 8.92. The van der Waals surface area contributed by atoms with Gasteiger partial charge in [0.15, 0.2) is 0 Å². The van der Waals surface area contributed by atoms with Crippen molar-refractivity contribution in [1.82, 2.24) is 0 Å². The monoisotopic (exact) mass is 190 g/mol. The number of aliphatic hydroxyl groups is 1. The Morgan fingerprint density at radius 2 is 2.44 bits per heavy atom. The van der Waals surface area contributed by atoms with Crippen LogP contribution in [0.2, 0.25) is 0 Å². The summed E-state index contributed by atoms with van der Waals surface area (Å²) < 4.78 is 5.79. The number of rotatable bonds is 1. The van der Waals surface area contributed by atoms with Crippen molar-refractivity contribution in [3.8, 4) is 0 Å². The number of aliphatic hydroxyl groups excluding tert-OH is 1. The molecule has 0 aliphatic carbocycles. The van der Waals surface area contributed by atoms with Crippen molar-refractivity contribution in [1.29, 1.82) is 0 Å². The van der Waals surface area contributed by atoms with Crippen LogP contribution in [0.25, 0.3) is 0 Å². The third kappa shape index (κ3) is 1.56.